The van der Waals surface area contributed by atoms with Crippen molar-refractivity contribution in [3.05, 3.63) is 12.2 Å². The molecule has 13 heteroatoms. The number of carbonyl (C=O) groups excluding carboxylic acids is 6. The minimum absolute atomic E-state index is 0.00717. The van der Waals surface area contributed by atoms with Crippen LogP contribution in [0.15, 0.2) is 12.2 Å². The third-order valence-corrected chi connectivity index (χ3v) is 3.08. The van der Waals surface area contributed by atoms with E-state index in [1.165, 1.54) is 20.8 Å². The van der Waals surface area contributed by atoms with Gasteiger partial charge >= 0.3 is 11.9 Å². The van der Waals surface area contributed by atoms with Crippen LogP contribution < -0.4 is 26.8 Å². The lowest BCUT2D eigenvalue weighted by atomic mass is 10.3. The fraction of sp³-hybridized carbons (Fsp3) is 0.529. The summed E-state index contributed by atoms with van der Waals surface area (Å²) in [6.45, 7) is 6.64. The summed E-state index contributed by atoms with van der Waals surface area (Å²) in [5.41, 5.74) is 4.81. The second kappa shape index (κ2) is 14.5. The minimum Gasteiger partial charge on any atom is -0.464 e. The van der Waals surface area contributed by atoms with Gasteiger partial charge in [-0.15, -0.1) is 0 Å². The minimum atomic E-state index is -1.66. The Balaban J connectivity index is 4.32. The molecule has 13 nitrogen and oxygen atoms in total. The fourth-order valence-corrected chi connectivity index (χ4v) is 1.67. The van der Waals surface area contributed by atoms with Crippen LogP contribution in [0.5, 0.6) is 0 Å². The van der Waals surface area contributed by atoms with Crippen molar-refractivity contribution in [2.45, 2.75) is 26.8 Å². The summed E-state index contributed by atoms with van der Waals surface area (Å²) in [4.78, 5) is 69.9. The third-order valence-electron chi connectivity index (χ3n) is 3.08. The molecule has 4 amide bonds. The zero-order valence-corrected chi connectivity index (χ0v) is 17.1. The largest absolute Gasteiger partial charge is 0.464 e. The maximum absolute atomic E-state index is 11.9. The van der Waals surface area contributed by atoms with Crippen LogP contribution in [0.3, 0.4) is 0 Å². The number of rotatable bonds is 13. The Morgan fingerprint density at radius 1 is 0.800 bits per heavy atom. The van der Waals surface area contributed by atoms with Crippen molar-refractivity contribution in [1.82, 2.24) is 26.8 Å². The first-order valence-corrected chi connectivity index (χ1v) is 8.97. The maximum atomic E-state index is 11.9. The van der Waals surface area contributed by atoms with E-state index in [2.05, 4.69) is 33.4 Å². The molecular formula is C17H27N5O8. The first kappa shape index (κ1) is 26.5. The first-order valence-electron chi connectivity index (χ1n) is 8.97. The van der Waals surface area contributed by atoms with Crippen LogP contribution in [-0.4, -0.2) is 74.5 Å². The maximum Gasteiger partial charge on any atom is 0.340 e. The molecule has 0 aliphatic heterocycles. The zero-order chi connectivity index (χ0) is 23.1. The smallest absolute Gasteiger partial charge is 0.340 e. The number of nitrogens with one attached hydrogen (secondary N) is 5. The highest BCUT2D eigenvalue weighted by atomic mass is 16.6. The normalized spacial score (nSPS) is 9.87. The Bertz CT molecular complexity index is 661. The van der Waals surface area contributed by atoms with Crippen LogP contribution in [0.1, 0.15) is 20.8 Å². The van der Waals surface area contributed by atoms with Gasteiger partial charge in [0.05, 0.1) is 32.8 Å². The van der Waals surface area contributed by atoms with E-state index in [1.807, 2.05) is 0 Å². The summed E-state index contributed by atoms with van der Waals surface area (Å²) in [7, 11) is 0. The molecule has 0 rings (SSSR count). The molecule has 0 saturated carbocycles. The SMILES string of the molecule is C=C(C)C(=O)NNCC(=O)NCC(=O)NCC(=O)NC(C(=O)OCC)C(=O)OCC. The van der Waals surface area contributed by atoms with Gasteiger partial charge in [0.25, 0.3) is 5.91 Å². The number of hydrogen-bond acceptors (Lipinski definition) is 9. The Morgan fingerprint density at radius 3 is 1.73 bits per heavy atom. The quantitative estimate of drug-likeness (QED) is 0.0883. The van der Waals surface area contributed by atoms with Gasteiger partial charge in [-0.2, -0.15) is 0 Å². The van der Waals surface area contributed by atoms with Crippen LogP contribution in [0, 0.1) is 0 Å². The lowest BCUT2D eigenvalue weighted by molar-refractivity contribution is -0.159. The van der Waals surface area contributed by atoms with Gasteiger partial charge in [-0.05, 0) is 20.8 Å². The summed E-state index contributed by atoms with van der Waals surface area (Å²) in [6, 6.07) is -1.66. The van der Waals surface area contributed by atoms with E-state index in [4.69, 9.17) is 9.47 Å². The van der Waals surface area contributed by atoms with Gasteiger partial charge in [-0.1, -0.05) is 6.58 Å². The predicted molar refractivity (Wildman–Crippen MR) is 102 cm³/mol. The molecule has 0 radical (unpaired) electrons. The van der Waals surface area contributed by atoms with E-state index < -0.39 is 54.7 Å². The Morgan fingerprint density at radius 2 is 1.27 bits per heavy atom. The van der Waals surface area contributed by atoms with E-state index >= 15 is 0 Å². The van der Waals surface area contributed by atoms with Gasteiger partial charge in [0, 0.05) is 5.57 Å². The van der Waals surface area contributed by atoms with Crippen molar-refractivity contribution in [2.75, 3.05) is 32.8 Å². The molecule has 0 saturated heterocycles. The molecular weight excluding hydrogens is 402 g/mol. The van der Waals surface area contributed by atoms with E-state index in [9.17, 15) is 28.8 Å². The van der Waals surface area contributed by atoms with Gasteiger partial charge in [-0.25, -0.2) is 15.0 Å². The predicted octanol–water partition coefficient (Wildman–Crippen LogP) is -2.97. The van der Waals surface area contributed by atoms with Crippen molar-refractivity contribution in [3.8, 4) is 0 Å². The monoisotopic (exact) mass is 429 g/mol. The van der Waals surface area contributed by atoms with E-state index in [-0.39, 0.29) is 25.3 Å². The van der Waals surface area contributed by atoms with Crippen LogP contribution >= 0.6 is 0 Å². The summed E-state index contributed by atoms with van der Waals surface area (Å²) >= 11 is 0. The molecule has 168 valence electrons. The summed E-state index contributed by atoms with van der Waals surface area (Å²) in [5.74, 6) is -4.61. The molecule has 0 aromatic heterocycles. The molecule has 0 fully saturated rings. The summed E-state index contributed by atoms with van der Waals surface area (Å²) in [6.07, 6.45) is 0. The second-order valence-electron chi connectivity index (χ2n) is 5.65. The highest BCUT2D eigenvalue weighted by Gasteiger charge is 2.31. The van der Waals surface area contributed by atoms with Gasteiger partial charge in [0.1, 0.15) is 0 Å². The van der Waals surface area contributed by atoms with Gasteiger partial charge in [0.2, 0.25) is 23.8 Å². The Hall–Kier alpha value is -3.48. The van der Waals surface area contributed by atoms with Crippen LogP contribution in [-0.2, 0) is 38.2 Å². The standard InChI is InChI=1S/C17H27N5O8/c1-5-29-16(27)14(17(28)30-6-2)21-13(25)8-19-11(23)7-18-12(24)9-20-22-15(26)10(3)4/h14,20H,3,5-9H2,1-2,4H3,(H,18,24)(H,19,23)(H,21,25)(H,22,26). The van der Waals surface area contributed by atoms with Crippen molar-refractivity contribution in [3.63, 3.8) is 0 Å². The molecule has 0 aromatic carbocycles. The molecule has 5 N–H and O–H groups in total. The fourth-order valence-electron chi connectivity index (χ4n) is 1.67. The highest BCUT2D eigenvalue weighted by Crippen LogP contribution is 1.94. The second-order valence-corrected chi connectivity index (χ2v) is 5.65. The molecule has 0 atom stereocenters. The topological polar surface area (TPSA) is 181 Å². The van der Waals surface area contributed by atoms with E-state index in [1.54, 1.807) is 0 Å². The number of hydrogen-bond donors (Lipinski definition) is 5. The average Bonchev–Trinajstić information content (AvgIpc) is 2.68. The number of hydrazine groups is 1. The molecule has 0 heterocycles. The third kappa shape index (κ3) is 11.4. The lowest BCUT2D eigenvalue weighted by Crippen LogP contribution is -2.51. The van der Waals surface area contributed by atoms with Crippen LogP contribution in [0.25, 0.3) is 0 Å². The van der Waals surface area contributed by atoms with Gasteiger partial charge in [-0.3, -0.25) is 24.6 Å². The summed E-state index contributed by atoms with van der Waals surface area (Å²) < 4.78 is 9.39. The first-order chi connectivity index (χ1) is 14.1. The van der Waals surface area contributed by atoms with Crippen LogP contribution in [0.2, 0.25) is 0 Å². The molecule has 0 aromatic rings. The van der Waals surface area contributed by atoms with Crippen molar-refractivity contribution < 1.29 is 38.2 Å². The Kier molecular flexibility index (Phi) is 12.8. The number of ether oxygens (including phenoxy) is 2. The molecule has 0 unspecified atom stereocenters. The molecule has 0 spiro atoms. The Labute approximate surface area is 173 Å². The molecule has 0 aliphatic rings. The van der Waals surface area contributed by atoms with E-state index in [0.29, 0.717) is 0 Å². The lowest BCUT2D eigenvalue weighted by Gasteiger charge is -2.16. The van der Waals surface area contributed by atoms with Crippen molar-refractivity contribution in [2.24, 2.45) is 0 Å². The highest BCUT2D eigenvalue weighted by molar-refractivity contribution is 6.03. The van der Waals surface area contributed by atoms with Crippen LogP contribution in [0.4, 0.5) is 0 Å². The molecule has 30 heavy (non-hydrogen) atoms. The average molecular weight is 429 g/mol. The zero-order valence-electron chi connectivity index (χ0n) is 17.1. The number of carbonyl (C=O) groups is 6. The van der Waals surface area contributed by atoms with Gasteiger partial charge < -0.3 is 25.4 Å². The number of esters is 2. The van der Waals surface area contributed by atoms with E-state index in [0.717, 1.165) is 0 Å². The molecule has 0 bridgehead atoms. The van der Waals surface area contributed by atoms with Crippen molar-refractivity contribution in [1.29, 1.82) is 0 Å². The van der Waals surface area contributed by atoms with Crippen molar-refractivity contribution >= 4 is 35.6 Å². The number of amides is 4. The molecule has 0 aliphatic carbocycles. The van der Waals surface area contributed by atoms with Gasteiger partial charge in [0.15, 0.2) is 0 Å². The summed E-state index contributed by atoms with van der Waals surface area (Å²) in [5, 5.41) is 6.56.